The van der Waals surface area contributed by atoms with Crippen LogP contribution in [-0.2, 0) is 6.42 Å². The van der Waals surface area contributed by atoms with Crippen LogP contribution in [0.2, 0.25) is 0 Å². The summed E-state index contributed by atoms with van der Waals surface area (Å²) in [5.41, 5.74) is 2.25. The zero-order valence-electron chi connectivity index (χ0n) is 9.94. The molecule has 86 valence electrons. The maximum atomic E-state index is 11.8. The third kappa shape index (κ3) is 1.19. The van der Waals surface area contributed by atoms with Crippen LogP contribution in [0.25, 0.3) is 22.9 Å². The van der Waals surface area contributed by atoms with Gasteiger partial charge in [-0.05, 0) is 51.8 Å². The Morgan fingerprint density at radius 3 is 2.72 bits per heavy atom. The second kappa shape index (κ2) is 3.42. The number of carbonyl (C=O) groups is 1. The first-order chi connectivity index (χ1) is 8.84. The summed E-state index contributed by atoms with van der Waals surface area (Å²) in [6.07, 6.45) is 10.1. The monoisotopic (exact) mass is 232 g/mol. The van der Waals surface area contributed by atoms with Crippen molar-refractivity contribution in [2.24, 2.45) is 0 Å². The van der Waals surface area contributed by atoms with Crippen LogP contribution in [-0.4, -0.2) is 5.78 Å². The predicted molar refractivity (Wildman–Crippen MR) is 73.9 cm³/mol. The van der Waals surface area contributed by atoms with Crippen LogP contribution < -0.4 is 10.4 Å². The van der Waals surface area contributed by atoms with E-state index < -0.39 is 0 Å². The van der Waals surface area contributed by atoms with Crippen LogP contribution in [0.4, 0.5) is 0 Å². The maximum absolute atomic E-state index is 11.8. The van der Waals surface area contributed by atoms with Crippen molar-refractivity contribution in [2.75, 3.05) is 0 Å². The molecule has 4 rings (SSSR count). The van der Waals surface area contributed by atoms with E-state index in [0.717, 1.165) is 23.6 Å². The Kier molecular flexibility index (Phi) is 1.87. The molecule has 0 spiro atoms. The number of carbonyl (C=O) groups excluding carboxylic acids is 1. The molecule has 0 amide bonds. The molecule has 0 aliphatic heterocycles. The summed E-state index contributed by atoms with van der Waals surface area (Å²) in [5.74, 6) is 0.110. The minimum Gasteiger partial charge on any atom is -0.289 e. The molecule has 1 heteroatoms. The summed E-state index contributed by atoms with van der Waals surface area (Å²) >= 11 is 0. The van der Waals surface area contributed by atoms with Crippen molar-refractivity contribution < 1.29 is 4.79 Å². The molecule has 0 N–H and O–H groups in total. The minimum absolute atomic E-state index is 0.110. The lowest BCUT2D eigenvalue weighted by Gasteiger charge is -2.08. The number of allylic oxidation sites excluding steroid dienone is 2. The zero-order chi connectivity index (χ0) is 12.1. The number of ketones is 1. The Labute approximate surface area is 105 Å². The van der Waals surface area contributed by atoms with Gasteiger partial charge in [0, 0.05) is 5.56 Å². The maximum Gasteiger partial charge on any atom is 0.186 e. The lowest BCUT2D eigenvalue weighted by Crippen LogP contribution is -2.19. The van der Waals surface area contributed by atoms with Crippen LogP contribution in [0.3, 0.4) is 0 Å². The quantitative estimate of drug-likeness (QED) is 0.680. The molecule has 0 saturated carbocycles. The van der Waals surface area contributed by atoms with Gasteiger partial charge in [0.1, 0.15) is 0 Å². The molecule has 2 aliphatic rings. The average Bonchev–Trinajstić information content (AvgIpc) is 2.87. The summed E-state index contributed by atoms with van der Waals surface area (Å²) < 4.78 is 0. The molecule has 0 atom stereocenters. The number of rotatable bonds is 0. The Balaban J connectivity index is 2.25. The van der Waals surface area contributed by atoms with E-state index in [9.17, 15) is 4.79 Å². The van der Waals surface area contributed by atoms with Crippen molar-refractivity contribution >= 4 is 28.7 Å². The van der Waals surface area contributed by atoms with Crippen LogP contribution in [0.5, 0.6) is 0 Å². The fourth-order valence-corrected chi connectivity index (χ4v) is 3.04. The lowest BCUT2D eigenvalue weighted by molar-refractivity contribution is 0.104. The second-order valence-corrected chi connectivity index (χ2v) is 4.89. The number of hydrogen-bond acceptors (Lipinski definition) is 1. The van der Waals surface area contributed by atoms with Gasteiger partial charge in [0.25, 0.3) is 0 Å². The van der Waals surface area contributed by atoms with E-state index in [-0.39, 0.29) is 5.78 Å². The van der Waals surface area contributed by atoms with Crippen molar-refractivity contribution in [3.8, 4) is 0 Å². The van der Waals surface area contributed by atoms with Crippen molar-refractivity contribution in [2.45, 2.75) is 12.8 Å². The van der Waals surface area contributed by atoms with Crippen molar-refractivity contribution in [1.82, 2.24) is 0 Å². The Morgan fingerprint density at radius 1 is 0.944 bits per heavy atom. The van der Waals surface area contributed by atoms with Crippen molar-refractivity contribution in [3.63, 3.8) is 0 Å². The number of hydrogen-bond donors (Lipinski definition) is 0. The molecule has 0 saturated heterocycles. The van der Waals surface area contributed by atoms with Gasteiger partial charge >= 0.3 is 0 Å². The zero-order valence-corrected chi connectivity index (χ0v) is 9.94. The number of fused-ring (bicyclic) bond motifs is 5. The molecule has 0 aromatic heterocycles. The Hall–Kier alpha value is -2.15. The topological polar surface area (TPSA) is 17.1 Å². The van der Waals surface area contributed by atoms with Crippen LogP contribution >= 0.6 is 0 Å². The third-order valence-corrected chi connectivity index (χ3v) is 3.91. The fraction of sp³-hybridized carbons (Fsp3) is 0.118. The summed E-state index contributed by atoms with van der Waals surface area (Å²) in [4.78, 5) is 11.8. The molecule has 2 aliphatic carbocycles. The van der Waals surface area contributed by atoms with Gasteiger partial charge in [-0.15, -0.1) is 0 Å². The fourth-order valence-electron chi connectivity index (χ4n) is 3.04. The van der Waals surface area contributed by atoms with Gasteiger partial charge in [-0.1, -0.05) is 36.4 Å². The molecule has 2 aromatic carbocycles. The molecule has 0 radical (unpaired) electrons. The summed E-state index contributed by atoms with van der Waals surface area (Å²) in [5, 5.41) is 4.92. The highest BCUT2D eigenvalue weighted by Crippen LogP contribution is 2.15. The first kappa shape index (κ1) is 9.84. The van der Waals surface area contributed by atoms with Gasteiger partial charge in [0.05, 0.1) is 0 Å². The van der Waals surface area contributed by atoms with E-state index in [1.54, 1.807) is 6.08 Å². The smallest absolute Gasteiger partial charge is 0.186 e. The molecule has 0 heterocycles. The molecule has 1 nitrogen and oxygen atoms in total. The number of benzene rings is 2. The molecule has 2 aromatic rings. The van der Waals surface area contributed by atoms with Crippen LogP contribution in [0.15, 0.2) is 36.4 Å². The Morgan fingerprint density at radius 2 is 1.78 bits per heavy atom. The van der Waals surface area contributed by atoms with E-state index in [1.165, 1.54) is 21.6 Å². The summed E-state index contributed by atoms with van der Waals surface area (Å²) in [6, 6.07) is 8.43. The summed E-state index contributed by atoms with van der Waals surface area (Å²) in [7, 11) is 0. The van der Waals surface area contributed by atoms with E-state index in [0.29, 0.717) is 0 Å². The van der Waals surface area contributed by atoms with E-state index in [2.05, 4.69) is 24.3 Å². The van der Waals surface area contributed by atoms with Gasteiger partial charge in [0.15, 0.2) is 5.78 Å². The van der Waals surface area contributed by atoms with Crippen molar-refractivity contribution in [3.05, 3.63) is 58.0 Å². The van der Waals surface area contributed by atoms with Crippen molar-refractivity contribution in [1.29, 1.82) is 0 Å². The SMILES string of the molecule is O=C1C=CC=c2c1ccc1c3c(ccc21)CCC=3. The largest absolute Gasteiger partial charge is 0.289 e. The first-order valence-electron chi connectivity index (χ1n) is 6.32. The standard InChI is InChI=1S/C17H12O/c18-17-6-2-5-13-15-8-7-11-3-1-4-12(11)14(15)9-10-16(13)17/h2,4-10H,1,3H2. The number of aryl methyl sites for hydroxylation is 1. The molecule has 0 unspecified atom stereocenters. The lowest BCUT2D eigenvalue weighted by atomic mass is 9.95. The van der Waals surface area contributed by atoms with Gasteiger partial charge in [0.2, 0.25) is 0 Å². The third-order valence-electron chi connectivity index (χ3n) is 3.91. The molecule has 0 fully saturated rings. The first-order valence-corrected chi connectivity index (χ1v) is 6.32. The highest BCUT2D eigenvalue weighted by molar-refractivity contribution is 6.09. The van der Waals surface area contributed by atoms with Gasteiger partial charge in [-0.3, -0.25) is 4.79 Å². The van der Waals surface area contributed by atoms with Gasteiger partial charge in [-0.25, -0.2) is 0 Å². The molecular formula is C17H12O. The van der Waals surface area contributed by atoms with E-state index in [1.807, 2.05) is 18.2 Å². The molecule has 18 heavy (non-hydrogen) atoms. The minimum atomic E-state index is 0.110. The second-order valence-electron chi connectivity index (χ2n) is 4.89. The highest BCUT2D eigenvalue weighted by atomic mass is 16.1. The summed E-state index contributed by atoms with van der Waals surface area (Å²) in [6.45, 7) is 0. The van der Waals surface area contributed by atoms with Crippen LogP contribution in [0, 0.1) is 0 Å². The average molecular weight is 232 g/mol. The van der Waals surface area contributed by atoms with E-state index >= 15 is 0 Å². The normalized spacial score (nSPS) is 16.1. The Bertz CT molecular complexity index is 838. The van der Waals surface area contributed by atoms with Gasteiger partial charge < -0.3 is 0 Å². The van der Waals surface area contributed by atoms with E-state index in [4.69, 9.17) is 0 Å². The van der Waals surface area contributed by atoms with Crippen LogP contribution in [0.1, 0.15) is 22.3 Å². The predicted octanol–water partition coefficient (Wildman–Crippen LogP) is 2.10. The molecule has 0 bridgehead atoms. The van der Waals surface area contributed by atoms with Gasteiger partial charge in [-0.2, -0.15) is 0 Å². The highest BCUT2D eigenvalue weighted by Gasteiger charge is 2.12. The molecular weight excluding hydrogens is 220 g/mol.